The Morgan fingerprint density at radius 1 is 0.850 bits per heavy atom. The van der Waals surface area contributed by atoms with Crippen LogP contribution in [0.4, 0.5) is 4.79 Å². The van der Waals surface area contributed by atoms with Gasteiger partial charge in [-0.1, -0.05) is 0 Å². The minimum Gasteiger partial charge on any atom is -0.465 e. The number of ether oxygens (including phenoxy) is 2. The first-order chi connectivity index (χ1) is 9.49. The van der Waals surface area contributed by atoms with Crippen LogP contribution >= 0.6 is 23.2 Å². The van der Waals surface area contributed by atoms with Gasteiger partial charge in [0.05, 0.1) is 25.2 Å². The van der Waals surface area contributed by atoms with E-state index in [1.54, 1.807) is 13.8 Å². The summed E-state index contributed by atoms with van der Waals surface area (Å²) in [5, 5.41) is 0. The zero-order valence-corrected chi connectivity index (χ0v) is 12.9. The van der Waals surface area contributed by atoms with Crippen molar-refractivity contribution in [2.24, 2.45) is 0 Å². The highest BCUT2D eigenvalue weighted by Crippen LogP contribution is 2.04. The van der Waals surface area contributed by atoms with Crippen molar-refractivity contribution in [3.8, 4) is 0 Å². The van der Waals surface area contributed by atoms with Crippen molar-refractivity contribution in [2.75, 3.05) is 38.3 Å². The number of carbonyl (C=O) groups excluding carboxylic acids is 3. The maximum atomic E-state index is 12.1. The second-order valence-corrected chi connectivity index (χ2v) is 4.01. The van der Waals surface area contributed by atoms with Crippen LogP contribution in [0, 0.1) is 0 Å². The van der Waals surface area contributed by atoms with Gasteiger partial charge in [0.15, 0.2) is 0 Å². The van der Waals surface area contributed by atoms with Crippen LogP contribution < -0.4 is 0 Å². The fourth-order valence-electron chi connectivity index (χ4n) is 1.25. The van der Waals surface area contributed by atoms with E-state index in [-0.39, 0.29) is 38.3 Å². The lowest BCUT2D eigenvalue weighted by molar-refractivity contribution is -0.143. The van der Waals surface area contributed by atoms with E-state index < -0.39 is 18.0 Å². The zero-order valence-electron chi connectivity index (χ0n) is 11.4. The van der Waals surface area contributed by atoms with Gasteiger partial charge < -0.3 is 9.47 Å². The zero-order chi connectivity index (χ0) is 15.5. The minimum atomic E-state index is -0.642. The molecule has 20 heavy (non-hydrogen) atoms. The molecule has 0 saturated heterocycles. The molecule has 0 rings (SSSR count). The Morgan fingerprint density at radius 3 is 1.45 bits per heavy atom. The number of alkyl halides is 2. The summed E-state index contributed by atoms with van der Waals surface area (Å²) in [6.07, 6.45) is 0. The van der Waals surface area contributed by atoms with E-state index in [0.717, 1.165) is 9.80 Å². The molecule has 9 heteroatoms. The number of amides is 2. The summed E-state index contributed by atoms with van der Waals surface area (Å²) < 4.78 is 9.45. The number of esters is 2. The van der Waals surface area contributed by atoms with E-state index in [2.05, 4.69) is 0 Å². The van der Waals surface area contributed by atoms with Gasteiger partial charge in [-0.15, -0.1) is 23.2 Å². The highest BCUT2D eigenvalue weighted by atomic mass is 35.5. The molecule has 0 spiro atoms. The van der Waals surface area contributed by atoms with Crippen LogP contribution in [0.15, 0.2) is 0 Å². The van der Waals surface area contributed by atoms with Gasteiger partial charge in [-0.2, -0.15) is 0 Å². The number of nitrogens with zero attached hydrogens (tertiary/aromatic N) is 2. The van der Waals surface area contributed by atoms with Crippen molar-refractivity contribution < 1.29 is 23.9 Å². The van der Waals surface area contributed by atoms with E-state index in [0.29, 0.717) is 0 Å². The number of halogens is 2. The van der Waals surface area contributed by atoms with Gasteiger partial charge in [0, 0.05) is 0 Å². The first-order valence-corrected chi connectivity index (χ1v) is 7.03. The number of hydrogen-bond donors (Lipinski definition) is 0. The first kappa shape index (κ1) is 18.8. The molecule has 0 radical (unpaired) electrons. The van der Waals surface area contributed by atoms with Gasteiger partial charge >= 0.3 is 18.0 Å². The van der Waals surface area contributed by atoms with E-state index in [4.69, 9.17) is 32.7 Å². The third-order valence-electron chi connectivity index (χ3n) is 2.08. The quantitative estimate of drug-likeness (QED) is 0.380. The molecule has 0 heterocycles. The van der Waals surface area contributed by atoms with Crippen LogP contribution in [0.25, 0.3) is 0 Å². The maximum absolute atomic E-state index is 12.1. The molecule has 0 aliphatic heterocycles. The number of rotatable bonds is 8. The molecule has 0 unspecified atom stereocenters. The monoisotopic (exact) mass is 328 g/mol. The highest BCUT2D eigenvalue weighted by molar-refractivity contribution is 6.19. The Bertz CT molecular complexity index is 311. The van der Waals surface area contributed by atoms with Crippen molar-refractivity contribution in [3.63, 3.8) is 0 Å². The van der Waals surface area contributed by atoms with Gasteiger partial charge in [-0.3, -0.25) is 19.4 Å². The molecule has 0 aromatic carbocycles. The van der Waals surface area contributed by atoms with Gasteiger partial charge in [0.2, 0.25) is 0 Å². The molecule has 0 aliphatic rings. The van der Waals surface area contributed by atoms with Crippen LogP contribution in [0.3, 0.4) is 0 Å². The average molecular weight is 329 g/mol. The van der Waals surface area contributed by atoms with Crippen molar-refractivity contribution in [2.45, 2.75) is 13.8 Å². The van der Waals surface area contributed by atoms with Crippen LogP contribution in [0.2, 0.25) is 0 Å². The van der Waals surface area contributed by atoms with E-state index in [1.807, 2.05) is 0 Å². The van der Waals surface area contributed by atoms with Crippen LogP contribution in [0.1, 0.15) is 13.8 Å². The lowest BCUT2D eigenvalue weighted by atomic mass is 10.5. The van der Waals surface area contributed by atoms with Crippen molar-refractivity contribution in [3.05, 3.63) is 0 Å². The van der Waals surface area contributed by atoms with Gasteiger partial charge in [0.25, 0.3) is 0 Å². The predicted molar refractivity (Wildman–Crippen MR) is 73.5 cm³/mol. The third-order valence-corrected chi connectivity index (χ3v) is 2.66. The smallest absolute Gasteiger partial charge is 0.325 e. The van der Waals surface area contributed by atoms with E-state index in [9.17, 15) is 14.4 Å². The Labute approximate surface area is 127 Å². The molecule has 0 aromatic heterocycles. The Morgan fingerprint density at radius 2 is 1.20 bits per heavy atom. The summed E-state index contributed by atoms with van der Waals surface area (Å²) in [7, 11) is 0. The second-order valence-electron chi connectivity index (χ2n) is 3.53. The molecular formula is C11H18Cl2N2O5. The molecular weight excluding hydrogens is 311 g/mol. The molecule has 0 atom stereocenters. The molecule has 0 N–H and O–H groups in total. The van der Waals surface area contributed by atoms with Crippen molar-refractivity contribution in [1.82, 2.24) is 9.80 Å². The molecule has 2 amide bonds. The minimum absolute atomic E-state index is 0.200. The summed E-state index contributed by atoms with van der Waals surface area (Å²) in [5.41, 5.74) is 0. The topological polar surface area (TPSA) is 76.2 Å². The number of urea groups is 1. The van der Waals surface area contributed by atoms with Gasteiger partial charge in [-0.05, 0) is 13.8 Å². The second kappa shape index (κ2) is 10.6. The highest BCUT2D eigenvalue weighted by Gasteiger charge is 2.24. The molecule has 7 nitrogen and oxygen atoms in total. The molecule has 0 saturated carbocycles. The summed E-state index contributed by atoms with van der Waals surface area (Å²) in [5.74, 6) is -1.18. The largest absolute Gasteiger partial charge is 0.465 e. The Hall–Kier alpha value is -1.21. The number of carbonyl (C=O) groups is 3. The van der Waals surface area contributed by atoms with Crippen molar-refractivity contribution >= 4 is 41.2 Å². The number of hydrogen-bond acceptors (Lipinski definition) is 5. The van der Waals surface area contributed by atoms with Crippen LogP contribution in [-0.4, -0.2) is 66.1 Å². The lowest BCUT2D eigenvalue weighted by Gasteiger charge is -2.26. The summed E-state index contributed by atoms with van der Waals surface area (Å²) in [6.45, 7) is 3.07. The van der Waals surface area contributed by atoms with Crippen LogP contribution in [-0.2, 0) is 19.1 Å². The molecule has 0 bridgehead atoms. The fraction of sp³-hybridized carbons (Fsp3) is 0.727. The SMILES string of the molecule is CCOC(=O)CN(CCl)C(=O)N(CCl)CC(=O)OCC. The van der Waals surface area contributed by atoms with Crippen LogP contribution in [0.5, 0.6) is 0 Å². The average Bonchev–Trinajstić information content (AvgIpc) is 2.42. The summed E-state index contributed by atoms with van der Waals surface area (Å²) >= 11 is 11.2. The van der Waals surface area contributed by atoms with E-state index >= 15 is 0 Å². The van der Waals surface area contributed by atoms with Gasteiger partial charge in [0.1, 0.15) is 13.1 Å². The lowest BCUT2D eigenvalue weighted by Crippen LogP contribution is -2.46. The molecule has 0 fully saturated rings. The fourth-order valence-corrected chi connectivity index (χ4v) is 1.62. The predicted octanol–water partition coefficient (Wildman–Crippen LogP) is 1.23. The first-order valence-electron chi connectivity index (χ1n) is 5.97. The molecule has 116 valence electrons. The summed E-state index contributed by atoms with van der Waals surface area (Å²) in [6, 6.07) is -1.10. The standard InChI is InChI=1S/C11H18Cl2N2O5/c1-3-19-9(16)5-14(7-12)11(18)15(8-13)6-10(17)20-4-2/h3-8H2,1-2H3. The van der Waals surface area contributed by atoms with Gasteiger partial charge in [-0.25, -0.2) is 4.79 Å². The third kappa shape index (κ3) is 6.81. The Kier molecular flexibility index (Phi) is 9.92. The van der Waals surface area contributed by atoms with Crippen molar-refractivity contribution in [1.29, 1.82) is 0 Å². The molecule has 0 aliphatic carbocycles. The maximum Gasteiger partial charge on any atom is 0.325 e. The normalized spacial score (nSPS) is 9.80. The summed E-state index contributed by atoms with van der Waals surface area (Å²) in [4.78, 5) is 36.8. The Balaban J connectivity index is 4.60. The van der Waals surface area contributed by atoms with E-state index in [1.165, 1.54) is 0 Å². The molecule has 0 aromatic rings.